The van der Waals surface area contributed by atoms with E-state index in [2.05, 4.69) is 15.3 Å². The summed E-state index contributed by atoms with van der Waals surface area (Å²) in [5, 5.41) is 2.36. The van der Waals surface area contributed by atoms with Gasteiger partial charge >= 0.3 is 6.18 Å². The highest BCUT2D eigenvalue weighted by atomic mass is 35.5. The van der Waals surface area contributed by atoms with Gasteiger partial charge < -0.3 is 15.0 Å². The normalized spacial score (nSPS) is 15.0. The van der Waals surface area contributed by atoms with Gasteiger partial charge in [-0.1, -0.05) is 11.6 Å². The van der Waals surface area contributed by atoms with Crippen LogP contribution in [0.4, 0.5) is 24.8 Å². The molecule has 1 aromatic heterocycles. The van der Waals surface area contributed by atoms with Crippen LogP contribution in [0.3, 0.4) is 0 Å². The van der Waals surface area contributed by atoms with Crippen molar-refractivity contribution in [3.8, 4) is 0 Å². The summed E-state index contributed by atoms with van der Waals surface area (Å²) in [6.07, 6.45) is -3.12. The van der Waals surface area contributed by atoms with Crippen LogP contribution in [0.2, 0.25) is 5.02 Å². The molecule has 0 spiro atoms. The van der Waals surface area contributed by atoms with Gasteiger partial charge in [0.1, 0.15) is 5.69 Å². The number of halogens is 4. The van der Waals surface area contributed by atoms with E-state index in [0.29, 0.717) is 32.3 Å². The van der Waals surface area contributed by atoms with E-state index in [4.69, 9.17) is 16.3 Å². The van der Waals surface area contributed by atoms with E-state index in [0.717, 1.165) is 18.2 Å². The van der Waals surface area contributed by atoms with Crippen molar-refractivity contribution >= 4 is 29.1 Å². The number of rotatable bonds is 3. The molecule has 6 nitrogen and oxygen atoms in total. The van der Waals surface area contributed by atoms with Crippen molar-refractivity contribution in [2.24, 2.45) is 0 Å². The Morgan fingerprint density at radius 2 is 1.96 bits per heavy atom. The lowest BCUT2D eigenvalue weighted by Crippen LogP contribution is -2.37. The summed E-state index contributed by atoms with van der Waals surface area (Å²) in [5.74, 6) is -0.320. The van der Waals surface area contributed by atoms with E-state index in [1.165, 1.54) is 12.3 Å². The third kappa shape index (κ3) is 4.23. The summed E-state index contributed by atoms with van der Waals surface area (Å²) in [6.45, 7) is 2.23. The molecule has 1 N–H and O–H groups in total. The van der Waals surface area contributed by atoms with Crippen molar-refractivity contribution < 1.29 is 22.7 Å². The number of benzene rings is 1. The molecule has 1 amide bonds. The number of nitrogens with one attached hydrogen (secondary N) is 1. The number of amides is 1. The molecule has 3 rings (SSSR count). The van der Waals surface area contributed by atoms with E-state index >= 15 is 0 Å². The summed E-state index contributed by atoms with van der Waals surface area (Å²) >= 11 is 5.89. The number of anilines is 2. The Balaban J connectivity index is 1.80. The van der Waals surface area contributed by atoms with Crippen molar-refractivity contribution in [1.82, 2.24) is 9.97 Å². The van der Waals surface area contributed by atoms with Gasteiger partial charge in [-0.15, -0.1) is 0 Å². The molecule has 0 aliphatic carbocycles. The zero-order valence-electron chi connectivity index (χ0n) is 13.4. The van der Waals surface area contributed by atoms with Gasteiger partial charge in [0, 0.05) is 19.3 Å². The summed E-state index contributed by atoms with van der Waals surface area (Å²) in [4.78, 5) is 22.5. The lowest BCUT2D eigenvalue weighted by molar-refractivity contribution is -0.137. The number of morpholine rings is 1. The van der Waals surface area contributed by atoms with Gasteiger partial charge in [-0.3, -0.25) is 4.79 Å². The van der Waals surface area contributed by atoms with Crippen molar-refractivity contribution in [2.75, 3.05) is 36.5 Å². The second-order valence-corrected chi connectivity index (χ2v) is 5.90. The number of ether oxygens (including phenoxy) is 1. The molecule has 1 aliphatic heterocycles. The number of hydrogen-bond donors (Lipinski definition) is 1. The fraction of sp³-hybridized carbons (Fsp3) is 0.312. The van der Waals surface area contributed by atoms with E-state index in [1.54, 1.807) is 0 Å². The minimum absolute atomic E-state index is 0.00573. The monoisotopic (exact) mass is 386 g/mol. The number of carbonyl (C=O) groups excluding carboxylic acids is 1. The second kappa shape index (κ2) is 7.46. The van der Waals surface area contributed by atoms with Crippen molar-refractivity contribution in [3.05, 3.63) is 46.7 Å². The highest BCUT2D eigenvalue weighted by molar-refractivity contribution is 6.33. The van der Waals surface area contributed by atoms with Crippen molar-refractivity contribution in [2.45, 2.75) is 6.18 Å². The maximum absolute atomic E-state index is 12.8. The first-order chi connectivity index (χ1) is 12.3. The number of aromatic nitrogens is 2. The molecule has 10 heteroatoms. The standard InChI is InChI=1S/C16H14ClF3N4O2/c17-11-2-1-10(16(18,19)20)9-13(11)22-14(25)12-3-4-21-15(23-12)24-5-7-26-8-6-24/h1-4,9H,5-8H2,(H,22,25). The van der Waals surface area contributed by atoms with Crippen molar-refractivity contribution in [3.63, 3.8) is 0 Å². The number of carbonyl (C=O) groups is 1. The molecule has 0 atom stereocenters. The Bertz CT molecular complexity index is 810. The van der Waals surface area contributed by atoms with Crippen molar-refractivity contribution in [1.29, 1.82) is 0 Å². The van der Waals surface area contributed by atoms with Crippen LogP contribution in [-0.4, -0.2) is 42.2 Å². The molecule has 1 aromatic carbocycles. The second-order valence-electron chi connectivity index (χ2n) is 5.49. The van der Waals surface area contributed by atoms with Gasteiger partial charge in [-0.25, -0.2) is 9.97 Å². The maximum atomic E-state index is 12.8. The molecule has 26 heavy (non-hydrogen) atoms. The van der Waals surface area contributed by atoms with Crippen LogP contribution in [0.1, 0.15) is 16.1 Å². The van der Waals surface area contributed by atoms with Crippen LogP contribution in [-0.2, 0) is 10.9 Å². The fourth-order valence-corrected chi connectivity index (χ4v) is 2.54. The smallest absolute Gasteiger partial charge is 0.378 e. The molecule has 1 saturated heterocycles. The fourth-order valence-electron chi connectivity index (χ4n) is 2.37. The molecule has 0 unspecified atom stereocenters. The first kappa shape index (κ1) is 18.4. The molecule has 2 heterocycles. The van der Waals surface area contributed by atoms with Crippen LogP contribution in [0.5, 0.6) is 0 Å². The first-order valence-electron chi connectivity index (χ1n) is 7.68. The Hall–Kier alpha value is -2.39. The number of hydrogen-bond acceptors (Lipinski definition) is 5. The minimum atomic E-state index is -4.54. The topological polar surface area (TPSA) is 67.4 Å². The van der Waals surface area contributed by atoms with E-state index in [-0.39, 0.29) is 16.4 Å². The number of nitrogens with zero attached hydrogens (tertiary/aromatic N) is 3. The van der Waals surface area contributed by atoms with Gasteiger partial charge in [0.15, 0.2) is 0 Å². The third-order valence-electron chi connectivity index (χ3n) is 3.71. The molecular weight excluding hydrogens is 373 g/mol. The lowest BCUT2D eigenvalue weighted by Gasteiger charge is -2.26. The van der Waals surface area contributed by atoms with E-state index < -0.39 is 17.6 Å². The number of alkyl halides is 3. The van der Waals surface area contributed by atoms with Crippen LogP contribution in [0.15, 0.2) is 30.5 Å². The Morgan fingerprint density at radius 3 is 2.65 bits per heavy atom. The summed E-state index contributed by atoms with van der Waals surface area (Å²) in [7, 11) is 0. The summed E-state index contributed by atoms with van der Waals surface area (Å²) in [6, 6.07) is 4.09. The van der Waals surface area contributed by atoms with Gasteiger partial charge in [0.2, 0.25) is 5.95 Å². The largest absolute Gasteiger partial charge is 0.416 e. The SMILES string of the molecule is O=C(Nc1cc(C(F)(F)F)ccc1Cl)c1ccnc(N2CCOCC2)n1. The lowest BCUT2D eigenvalue weighted by atomic mass is 10.2. The highest BCUT2D eigenvalue weighted by Gasteiger charge is 2.31. The third-order valence-corrected chi connectivity index (χ3v) is 4.04. The quantitative estimate of drug-likeness (QED) is 0.877. The molecule has 0 bridgehead atoms. The average Bonchev–Trinajstić information content (AvgIpc) is 2.63. The zero-order valence-corrected chi connectivity index (χ0v) is 14.1. The minimum Gasteiger partial charge on any atom is -0.378 e. The molecule has 138 valence electrons. The first-order valence-corrected chi connectivity index (χ1v) is 8.06. The molecule has 1 fully saturated rings. The Labute approximate surface area is 151 Å². The average molecular weight is 387 g/mol. The summed E-state index contributed by atoms with van der Waals surface area (Å²) < 4.78 is 43.7. The Morgan fingerprint density at radius 1 is 1.23 bits per heavy atom. The predicted molar refractivity (Wildman–Crippen MR) is 89.5 cm³/mol. The van der Waals surface area contributed by atoms with Crippen LogP contribution in [0, 0.1) is 0 Å². The van der Waals surface area contributed by atoms with E-state index in [1.807, 2.05) is 4.90 Å². The van der Waals surface area contributed by atoms with Gasteiger partial charge in [0.25, 0.3) is 5.91 Å². The molecule has 0 saturated carbocycles. The maximum Gasteiger partial charge on any atom is 0.416 e. The summed E-state index contributed by atoms with van der Waals surface area (Å²) in [5.41, 5.74) is -1.03. The predicted octanol–water partition coefficient (Wildman–Crippen LogP) is 3.24. The van der Waals surface area contributed by atoms with Gasteiger partial charge in [0.05, 0.1) is 29.5 Å². The van der Waals surface area contributed by atoms with Crippen LogP contribution in [0.25, 0.3) is 0 Å². The van der Waals surface area contributed by atoms with E-state index in [9.17, 15) is 18.0 Å². The molecule has 1 aliphatic rings. The van der Waals surface area contributed by atoms with Gasteiger partial charge in [-0.05, 0) is 24.3 Å². The van der Waals surface area contributed by atoms with Crippen LogP contribution < -0.4 is 10.2 Å². The van der Waals surface area contributed by atoms with Gasteiger partial charge in [-0.2, -0.15) is 13.2 Å². The zero-order chi connectivity index (χ0) is 18.7. The molecular formula is C16H14ClF3N4O2. The molecule has 2 aromatic rings. The Kier molecular flexibility index (Phi) is 5.28. The van der Waals surface area contributed by atoms with Crippen LogP contribution >= 0.6 is 11.6 Å². The highest BCUT2D eigenvalue weighted by Crippen LogP contribution is 2.33. The molecule has 0 radical (unpaired) electrons.